The monoisotopic (exact) mass is 349 g/mol. The molecule has 0 saturated carbocycles. The van der Waals surface area contributed by atoms with Crippen molar-refractivity contribution < 1.29 is 9.59 Å². The second-order valence-corrected chi connectivity index (χ2v) is 4.91. The Kier molecular flexibility index (Phi) is 5.63. The van der Waals surface area contributed by atoms with Crippen LogP contribution >= 0.6 is 11.6 Å². The summed E-state index contributed by atoms with van der Waals surface area (Å²) in [7, 11) is 0. The Morgan fingerprint density at radius 1 is 1.21 bits per heavy atom. The zero-order valence-electron chi connectivity index (χ0n) is 12.1. The third kappa shape index (κ3) is 4.92. The number of H-pyrrole nitrogens is 2. The van der Waals surface area contributed by atoms with Gasteiger partial charge in [-0.2, -0.15) is 5.10 Å². The molecule has 10 heteroatoms. The second kappa shape index (κ2) is 7.88. The molecule has 0 aliphatic rings. The van der Waals surface area contributed by atoms with Gasteiger partial charge in [0.15, 0.2) is 0 Å². The van der Waals surface area contributed by atoms with E-state index in [-0.39, 0.29) is 22.8 Å². The Balaban J connectivity index is 1.86. The van der Waals surface area contributed by atoms with Crippen molar-refractivity contribution in [1.82, 2.24) is 20.7 Å². The van der Waals surface area contributed by atoms with Crippen LogP contribution in [0.4, 0.5) is 0 Å². The molecule has 0 aliphatic carbocycles. The largest absolute Gasteiger partial charge is 0.343 e. The topological polar surface area (TPSA) is 136 Å². The van der Waals surface area contributed by atoms with E-state index in [1.165, 1.54) is 6.07 Å². The van der Waals surface area contributed by atoms with E-state index in [0.717, 1.165) is 12.3 Å². The Hall–Kier alpha value is -3.20. The number of benzene rings is 1. The van der Waals surface area contributed by atoms with Crippen LogP contribution in [0.5, 0.6) is 0 Å². The number of carbonyl (C=O) groups excluding carboxylic acids is 2. The van der Waals surface area contributed by atoms with E-state index in [9.17, 15) is 19.2 Å². The molecule has 0 saturated heterocycles. The minimum atomic E-state index is -0.692. The third-order valence-electron chi connectivity index (χ3n) is 2.70. The molecule has 24 heavy (non-hydrogen) atoms. The van der Waals surface area contributed by atoms with Crippen LogP contribution in [0.2, 0.25) is 5.02 Å². The third-order valence-corrected chi connectivity index (χ3v) is 3.03. The number of halogens is 1. The molecular formula is C14H12ClN5O4. The molecule has 2 amide bonds. The molecular weight excluding hydrogens is 338 g/mol. The lowest BCUT2D eigenvalue weighted by Crippen LogP contribution is -2.35. The maximum absolute atomic E-state index is 11.8. The maximum Gasteiger partial charge on any atom is 0.326 e. The van der Waals surface area contributed by atoms with Gasteiger partial charge in [0, 0.05) is 6.07 Å². The molecule has 2 rings (SSSR count). The molecule has 2 aromatic rings. The highest BCUT2D eigenvalue weighted by molar-refractivity contribution is 6.33. The van der Waals surface area contributed by atoms with Gasteiger partial charge in [-0.1, -0.05) is 23.7 Å². The first kappa shape index (κ1) is 17.2. The van der Waals surface area contributed by atoms with Crippen LogP contribution in [0.1, 0.15) is 16.1 Å². The standard InChI is InChI=1S/C14H12ClN5O4/c15-10-4-2-1-3-9(10)13(23)16-7-12(22)20-17-6-8-5-11(21)19-14(24)18-8/h1-6H,7H2,(H,16,23)(H,20,22)(H2,18,19,21,24). The first-order valence-corrected chi connectivity index (χ1v) is 7.02. The summed E-state index contributed by atoms with van der Waals surface area (Å²) in [5.74, 6) is -1.10. The Morgan fingerprint density at radius 3 is 2.67 bits per heavy atom. The van der Waals surface area contributed by atoms with Crippen molar-refractivity contribution in [2.75, 3.05) is 6.54 Å². The highest BCUT2D eigenvalue weighted by Crippen LogP contribution is 2.14. The summed E-state index contributed by atoms with van der Waals surface area (Å²) in [4.78, 5) is 49.8. The van der Waals surface area contributed by atoms with Crippen molar-refractivity contribution >= 4 is 29.6 Å². The molecule has 0 spiro atoms. The summed E-state index contributed by atoms with van der Waals surface area (Å²) >= 11 is 5.87. The molecule has 124 valence electrons. The van der Waals surface area contributed by atoms with Gasteiger partial charge < -0.3 is 10.3 Å². The lowest BCUT2D eigenvalue weighted by Gasteiger charge is -2.05. The van der Waals surface area contributed by atoms with Crippen molar-refractivity contribution in [3.63, 3.8) is 0 Å². The average Bonchev–Trinajstić information content (AvgIpc) is 2.52. The van der Waals surface area contributed by atoms with Crippen LogP contribution in [-0.4, -0.2) is 34.5 Å². The lowest BCUT2D eigenvalue weighted by atomic mass is 10.2. The minimum Gasteiger partial charge on any atom is -0.343 e. The molecule has 1 aromatic carbocycles. The van der Waals surface area contributed by atoms with E-state index in [0.29, 0.717) is 0 Å². The molecule has 4 N–H and O–H groups in total. The second-order valence-electron chi connectivity index (χ2n) is 4.50. The number of hydrogen-bond acceptors (Lipinski definition) is 5. The zero-order chi connectivity index (χ0) is 17.5. The van der Waals surface area contributed by atoms with Gasteiger partial charge in [0.2, 0.25) is 0 Å². The molecule has 0 atom stereocenters. The number of aromatic nitrogens is 2. The number of amides is 2. The molecule has 1 aromatic heterocycles. The summed E-state index contributed by atoms with van der Waals surface area (Å²) in [5.41, 5.74) is 1.21. The van der Waals surface area contributed by atoms with E-state index >= 15 is 0 Å². The van der Waals surface area contributed by atoms with Crippen molar-refractivity contribution in [2.24, 2.45) is 5.10 Å². The van der Waals surface area contributed by atoms with E-state index in [1.807, 2.05) is 4.98 Å². The molecule has 0 unspecified atom stereocenters. The van der Waals surface area contributed by atoms with Gasteiger partial charge in [0.25, 0.3) is 17.4 Å². The molecule has 1 heterocycles. The van der Waals surface area contributed by atoms with Gasteiger partial charge in [-0.25, -0.2) is 10.2 Å². The molecule has 0 bridgehead atoms. The number of carbonyl (C=O) groups is 2. The number of rotatable bonds is 5. The quantitative estimate of drug-likeness (QED) is 0.431. The fourth-order valence-corrected chi connectivity index (χ4v) is 1.89. The SMILES string of the molecule is O=C(CNC(=O)c1ccccc1Cl)NN=Cc1cc(=O)[nH]c(=O)[nH]1. The first-order valence-electron chi connectivity index (χ1n) is 6.64. The number of hydrogen-bond donors (Lipinski definition) is 4. The van der Waals surface area contributed by atoms with Crippen LogP contribution in [0.3, 0.4) is 0 Å². The average molecular weight is 350 g/mol. The minimum absolute atomic E-state index is 0.115. The lowest BCUT2D eigenvalue weighted by molar-refractivity contribution is -0.120. The van der Waals surface area contributed by atoms with Crippen LogP contribution in [-0.2, 0) is 4.79 Å². The highest BCUT2D eigenvalue weighted by atomic mass is 35.5. The number of hydrazone groups is 1. The summed E-state index contributed by atoms with van der Waals surface area (Å²) in [6.45, 7) is -0.326. The molecule has 0 aliphatic heterocycles. The van der Waals surface area contributed by atoms with Gasteiger partial charge in [0.1, 0.15) is 0 Å². The first-order chi connectivity index (χ1) is 11.5. The molecule has 0 fully saturated rings. The van der Waals surface area contributed by atoms with Crippen LogP contribution in [0.25, 0.3) is 0 Å². The summed E-state index contributed by atoms with van der Waals surface area (Å²) in [6, 6.07) is 7.50. The van der Waals surface area contributed by atoms with E-state index in [2.05, 4.69) is 20.8 Å². The van der Waals surface area contributed by atoms with Gasteiger partial charge in [-0.05, 0) is 12.1 Å². The maximum atomic E-state index is 11.8. The summed E-state index contributed by atoms with van der Waals surface area (Å²) in [6.07, 6.45) is 1.09. The number of nitrogens with one attached hydrogen (secondary N) is 4. The van der Waals surface area contributed by atoms with Crippen LogP contribution in [0, 0.1) is 0 Å². The van der Waals surface area contributed by atoms with Crippen LogP contribution in [0.15, 0.2) is 45.0 Å². The van der Waals surface area contributed by atoms with E-state index in [1.54, 1.807) is 18.2 Å². The predicted molar refractivity (Wildman–Crippen MR) is 87.2 cm³/mol. The normalized spacial score (nSPS) is 10.5. The van der Waals surface area contributed by atoms with Crippen LogP contribution < -0.4 is 22.0 Å². The van der Waals surface area contributed by atoms with E-state index < -0.39 is 23.1 Å². The zero-order valence-corrected chi connectivity index (χ0v) is 12.9. The Bertz CT molecular complexity index is 874. The Morgan fingerprint density at radius 2 is 1.96 bits per heavy atom. The molecule has 0 radical (unpaired) electrons. The predicted octanol–water partition coefficient (Wildman–Crippen LogP) is -0.403. The fraction of sp³-hybridized carbons (Fsp3) is 0.0714. The smallest absolute Gasteiger partial charge is 0.326 e. The van der Waals surface area contributed by atoms with Gasteiger partial charge in [-0.3, -0.25) is 19.4 Å². The van der Waals surface area contributed by atoms with Gasteiger partial charge in [-0.15, -0.1) is 0 Å². The van der Waals surface area contributed by atoms with Crippen molar-refractivity contribution in [2.45, 2.75) is 0 Å². The Labute approximate surface area is 139 Å². The highest BCUT2D eigenvalue weighted by Gasteiger charge is 2.10. The summed E-state index contributed by atoms with van der Waals surface area (Å²) in [5, 5.41) is 6.22. The summed E-state index contributed by atoms with van der Waals surface area (Å²) < 4.78 is 0. The van der Waals surface area contributed by atoms with Gasteiger partial charge in [0.05, 0.1) is 29.0 Å². The van der Waals surface area contributed by atoms with Crippen molar-refractivity contribution in [1.29, 1.82) is 0 Å². The van der Waals surface area contributed by atoms with Gasteiger partial charge >= 0.3 is 5.69 Å². The van der Waals surface area contributed by atoms with Crippen molar-refractivity contribution in [3.05, 3.63) is 67.4 Å². The number of aromatic amines is 2. The molecule has 9 nitrogen and oxygen atoms in total. The van der Waals surface area contributed by atoms with E-state index in [4.69, 9.17) is 11.6 Å². The fourth-order valence-electron chi connectivity index (χ4n) is 1.67. The number of nitrogens with zero attached hydrogens (tertiary/aromatic N) is 1. The van der Waals surface area contributed by atoms with Crippen molar-refractivity contribution in [3.8, 4) is 0 Å².